The number of phenols is 1. The van der Waals surface area contributed by atoms with Gasteiger partial charge in [0.05, 0.1) is 42.2 Å². The zero-order valence-electron chi connectivity index (χ0n) is 16.5. The molecule has 0 fully saturated rings. The summed E-state index contributed by atoms with van der Waals surface area (Å²) in [5.41, 5.74) is 1.22. The van der Waals surface area contributed by atoms with Gasteiger partial charge in [-0.15, -0.1) is 0 Å². The van der Waals surface area contributed by atoms with Gasteiger partial charge in [0.15, 0.2) is 11.3 Å². The summed E-state index contributed by atoms with van der Waals surface area (Å²) < 4.78 is 7.89. The molecular formula is C21H7Cl4I4NO4S. The molecule has 0 bridgehead atoms. The molecule has 2 N–H and O–H groups in total. The van der Waals surface area contributed by atoms with Gasteiger partial charge in [0.25, 0.3) is 5.91 Å². The summed E-state index contributed by atoms with van der Waals surface area (Å²) in [6, 6.07) is 3.35. The van der Waals surface area contributed by atoms with E-state index in [0.717, 1.165) is 0 Å². The van der Waals surface area contributed by atoms with Crippen molar-refractivity contribution in [2.75, 3.05) is 5.88 Å². The molecule has 2 aromatic carbocycles. The van der Waals surface area contributed by atoms with Crippen molar-refractivity contribution in [3.8, 4) is 28.2 Å². The molecule has 0 atom stereocenters. The second-order valence-corrected chi connectivity index (χ2v) is 13.2. The molecule has 35 heavy (non-hydrogen) atoms. The molecule has 1 aliphatic heterocycles. The van der Waals surface area contributed by atoms with Gasteiger partial charge in [0, 0.05) is 22.1 Å². The molecule has 0 spiro atoms. The number of carbonyl (C=O) groups excluding carboxylic acids is 1. The first-order valence-corrected chi connectivity index (χ1v) is 15.6. The molecule has 2 aromatic rings. The van der Waals surface area contributed by atoms with Crippen molar-refractivity contribution in [2.24, 2.45) is 0 Å². The lowest BCUT2D eigenvalue weighted by molar-refractivity contribution is 0.0962. The van der Waals surface area contributed by atoms with E-state index in [1.165, 1.54) is 0 Å². The van der Waals surface area contributed by atoms with Crippen LogP contribution in [0.3, 0.4) is 0 Å². The molecule has 182 valence electrons. The monoisotopic (exact) mass is 1020 g/mol. The largest absolute Gasteiger partial charge is 0.506 e. The number of halogens is 8. The van der Waals surface area contributed by atoms with Gasteiger partial charge in [0.1, 0.15) is 9.32 Å². The van der Waals surface area contributed by atoms with Crippen LogP contribution in [-0.2, 0) is 0 Å². The topological polar surface area (TPSA) is 79.5 Å². The number of rotatable bonds is 3. The molecule has 1 amide bonds. The number of carbonyl (C=O) groups is 1. The molecule has 2 aliphatic rings. The average molecular weight is 1020 g/mol. The number of nitrogens with one attached hydrogen (secondary N) is 1. The summed E-state index contributed by atoms with van der Waals surface area (Å²) in [5.74, 6) is -0.273. The van der Waals surface area contributed by atoms with Gasteiger partial charge in [0.2, 0.25) is 5.43 Å². The van der Waals surface area contributed by atoms with Crippen LogP contribution >= 0.6 is 149 Å². The normalized spacial score (nSPS) is 11.5. The highest BCUT2D eigenvalue weighted by Gasteiger charge is 2.32. The van der Waals surface area contributed by atoms with Gasteiger partial charge in [-0.05, 0) is 102 Å². The first-order valence-electron chi connectivity index (χ1n) is 9.13. The Kier molecular flexibility index (Phi) is 9.17. The molecule has 14 heteroatoms. The number of aromatic hydroxyl groups is 1. The molecule has 0 unspecified atom stereocenters. The van der Waals surface area contributed by atoms with Crippen LogP contribution in [0.4, 0.5) is 0 Å². The fraction of sp³-hybridized carbons (Fsp3) is 0.0476. The van der Waals surface area contributed by atoms with Crippen LogP contribution in [0, 0.1) is 14.3 Å². The van der Waals surface area contributed by atoms with Gasteiger partial charge < -0.3 is 14.8 Å². The Morgan fingerprint density at radius 1 is 0.943 bits per heavy atom. The maximum absolute atomic E-state index is 13.2. The Morgan fingerprint density at radius 3 is 2.20 bits per heavy atom. The third-order valence-electron chi connectivity index (χ3n) is 5.01. The molecule has 1 heterocycles. The van der Waals surface area contributed by atoms with Crippen molar-refractivity contribution in [1.82, 2.24) is 5.32 Å². The van der Waals surface area contributed by atoms with E-state index in [4.69, 9.17) is 50.8 Å². The van der Waals surface area contributed by atoms with Crippen LogP contribution in [0.15, 0.2) is 21.3 Å². The summed E-state index contributed by atoms with van der Waals surface area (Å²) >= 11 is 38.0. The van der Waals surface area contributed by atoms with Crippen molar-refractivity contribution in [2.45, 2.75) is 0 Å². The van der Waals surface area contributed by atoms with Crippen molar-refractivity contribution in [1.29, 1.82) is 0 Å². The van der Waals surface area contributed by atoms with E-state index < -0.39 is 5.91 Å². The van der Waals surface area contributed by atoms with Crippen LogP contribution in [0.25, 0.3) is 33.4 Å². The zero-order valence-corrected chi connectivity index (χ0v) is 29.1. The van der Waals surface area contributed by atoms with Crippen molar-refractivity contribution < 1.29 is 14.3 Å². The minimum Gasteiger partial charge on any atom is -0.506 e. The van der Waals surface area contributed by atoms with E-state index in [2.05, 4.69) is 17.9 Å². The van der Waals surface area contributed by atoms with Crippen molar-refractivity contribution in [3.05, 3.63) is 62.3 Å². The smallest absolute Gasteiger partial charge is 0.254 e. The van der Waals surface area contributed by atoms with E-state index in [1.54, 1.807) is 12.1 Å². The molecule has 0 saturated heterocycles. The SMILES string of the molecule is O=C(NCS)c1c(Cl)c(Cl)c(Cl)c(Cl)c1-c1c2cc(I)c(=O)c(I)c-2oc2c(I)c(O)c(I)cc12. The standard InChI is InChI=1S/C21H7Cl4I4NO4S/c22-11-9(10(21(33)30-3-35)12(23)14(25)13(11)24)8-4-1-6(26)17(31)15(28)19(4)34-20-5(8)2-7(27)18(32)16(20)29/h1-2,31,35H,3H2,(H,30,33). The summed E-state index contributed by atoms with van der Waals surface area (Å²) in [6.07, 6.45) is 0. The minimum absolute atomic E-state index is 0.00603. The van der Waals surface area contributed by atoms with Crippen molar-refractivity contribution >= 4 is 166 Å². The Hall–Kier alpha value is 0.830. The number of benzene rings is 3. The van der Waals surface area contributed by atoms with E-state index in [1.807, 2.05) is 90.4 Å². The predicted molar refractivity (Wildman–Crippen MR) is 178 cm³/mol. The first-order chi connectivity index (χ1) is 16.4. The highest BCUT2D eigenvalue weighted by Crippen LogP contribution is 2.52. The molecule has 0 radical (unpaired) electrons. The predicted octanol–water partition coefficient (Wildman–Crippen LogP) is 8.92. The highest BCUT2D eigenvalue weighted by atomic mass is 127. The number of thiol groups is 1. The third kappa shape index (κ3) is 4.87. The number of hydrogen-bond acceptors (Lipinski definition) is 5. The number of fused-ring (bicyclic) bond motifs is 2. The van der Waals surface area contributed by atoms with Gasteiger partial charge >= 0.3 is 0 Å². The van der Waals surface area contributed by atoms with Gasteiger partial charge in [-0.1, -0.05) is 46.4 Å². The van der Waals surface area contributed by atoms with Crippen LogP contribution in [0.2, 0.25) is 20.1 Å². The molecule has 0 aromatic heterocycles. The van der Waals surface area contributed by atoms with Gasteiger partial charge in [-0.25, -0.2) is 0 Å². The maximum Gasteiger partial charge on any atom is 0.254 e. The Balaban J connectivity index is 2.39. The van der Waals surface area contributed by atoms with Gasteiger partial charge in [-0.3, -0.25) is 9.59 Å². The fourth-order valence-corrected chi connectivity index (χ4v) is 8.26. The molecule has 1 aliphatic carbocycles. The molecule has 4 rings (SSSR count). The maximum atomic E-state index is 13.2. The van der Waals surface area contributed by atoms with Crippen LogP contribution in [-0.4, -0.2) is 16.9 Å². The third-order valence-corrected chi connectivity index (χ3v) is 10.6. The van der Waals surface area contributed by atoms with E-state index in [9.17, 15) is 14.7 Å². The Labute approximate surface area is 278 Å². The summed E-state index contributed by atoms with van der Waals surface area (Å²) in [7, 11) is 0. The summed E-state index contributed by atoms with van der Waals surface area (Å²) in [6.45, 7) is 0. The van der Waals surface area contributed by atoms with Crippen LogP contribution in [0.1, 0.15) is 10.4 Å². The van der Waals surface area contributed by atoms with E-state index >= 15 is 0 Å². The van der Waals surface area contributed by atoms with Crippen LogP contribution < -0.4 is 10.7 Å². The lowest BCUT2D eigenvalue weighted by Crippen LogP contribution is -2.23. The molecule has 0 saturated carbocycles. The first kappa shape index (κ1) is 28.8. The van der Waals surface area contributed by atoms with Crippen molar-refractivity contribution in [3.63, 3.8) is 0 Å². The lowest BCUT2D eigenvalue weighted by Gasteiger charge is -2.22. The zero-order chi connectivity index (χ0) is 25.9. The second kappa shape index (κ2) is 11.1. The summed E-state index contributed by atoms with van der Waals surface area (Å²) in [4.78, 5) is 26.0. The number of hydrogen-bond donors (Lipinski definition) is 3. The highest BCUT2D eigenvalue weighted by molar-refractivity contribution is 14.1. The average Bonchev–Trinajstić information content (AvgIpc) is 2.82. The summed E-state index contributed by atoms with van der Waals surface area (Å²) in [5, 5.41) is 13.5. The second-order valence-electron chi connectivity index (χ2n) is 6.92. The van der Waals surface area contributed by atoms with Crippen LogP contribution in [0.5, 0.6) is 5.75 Å². The molecular weight excluding hydrogens is 1010 g/mol. The minimum atomic E-state index is -0.574. The van der Waals surface area contributed by atoms with E-state index in [-0.39, 0.29) is 54.0 Å². The van der Waals surface area contributed by atoms with E-state index in [0.29, 0.717) is 36.4 Å². The molecule has 5 nitrogen and oxygen atoms in total. The number of phenolic OH excluding ortho intramolecular Hbond substituents is 1. The number of amides is 1. The van der Waals surface area contributed by atoms with Gasteiger partial charge in [-0.2, -0.15) is 12.6 Å². The Morgan fingerprint density at radius 2 is 1.57 bits per heavy atom. The fourth-order valence-electron chi connectivity index (χ4n) is 3.50. The lowest BCUT2D eigenvalue weighted by atomic mass is 9.90. The Bertz CT molecular complexity index is 1610. The quantitative estimate of drug-likeness (QED) is 0.0479.